The smallest absolute Gasteiger partial charge is 0.307 e. The van der Waals surface area contributed by atoms with E-state index in [9.17, 15) is 14.7 Å². The quantitative estimate of drug-likeness (QED) is 0.717. The number of carboxylic acids is 1. The van der Waals surface area contributed by atoms with Crippen LogP contribution in [0.4, 0.5) is 11.4 Å². The Labute approximate surface area is 179 Å². The molecule has 1 amide bonds. The number of fused-ring (bicyclic) bond motifs is 3. The largest absolute Gasteiger partial charge is 0.481 e. The normalized spacial score (nSPS) is 27.7. The molecule has 1 aromatic heterocycles. The van der Waals surface area contributed by atoms with E-state index >= 15 is 0 Å². The first-order chi connectivity index (χ1) is 15.0. The van der Waals surface area contributed by atoms with Gasteiger partial charge in [0.2, 0.25) is 5.91 Å². The minimum atomic E-state index is -0.901. The Morgan fingerprint density at radius 1 is 1.06 bits per heavy atom. The van der Waals surface area contributed by atoms with Crippen molar-refractivity contribution in [1.29, 1.82) is 0 Å². The molecule has 2 bridgehead atoms. The van der Waals surface area contributed by atoms with Crippen LogP contribution in [0.15, 0.2) is 27.9 Å². The Morgan fingerprint density at radius 2 is 1.74 bits per heavy atom. The zero-order valence-corrected chi connectivity index (χ0v) is 17.6. The van der Waals surface area contributed by atoms with E-state index < -0.39 is 17.8 Å². The maximum Gasteiger partial charge on any atom is 0.307 e. The number of aliphatic carboxylic acids is 1. The zero-order chi connectivity index (χ0) is 21.7. The summed E-state index contributed by atoms with van der Waals surface area (Å²) < 4.78 is 10.4. The van der Waals surface area contributed by atoms with Gasteiger partial charge in [0.05, 0.1) is 36.4 Å². The number of hydrogen-bond donors (Lipinski definition) is 2. The van der Waals surface area contributed by atoms with Crippen LogP contribution in [0.1, 0.15) is 26.7 Å². The van der Waals surface area contributed by atoms with E-state index in [1.807, 2.05) is 19.9 Å². The molecule has 4 atom stereocenters. The molecular weight excluding hydrogens is 400 g/mol. The number of morpholine rings is 1. The van der Waals surface area contributed by atoms with Crippen molar-refractivity contribution in [2.75, 3.05) is 36.5 Å². The first-order valence-corrected chi connectivity index (χ1v) is 10.8. The third-order valence-corrected chi connectivity index (χ3v) is 7.01. The van der Waals surface area contributed by atoms with Gasteiger partial charge < -0.3 is 20.1 Å². The number of carbonyl (C=O) groups is 2. The molecule has 2 N–H and O–H groups in total. The van der Waals surface area contributed by atoms with E-state index in [1.165, 1.54) is 0 Å². The van der Waals surface area contributed by atoms with Crippen LogP contribution in [0.2, 0.25) is 0 Å². The van der Waals surface area contributed by atoms with Gasteiger partial charge in [0, 0.05) is 13.1 Å². The fourth-order valence-corrected chi connectivity index (χ4v) is 5.83. The average Bonchev–Trinajstić information content (AvgIpc) is 3.47. The van der Waals surface area contributed by atoms with E-state index in [1.54, 1.807) is 6.07 Å². The molecule has 9 heteroatoms. The predicted octanol–water partition coefficient (Wildman–Crippen LogP) is 2.69. The van der Waals surface area contributed by atoms with Crippen molar-refractivity contribution >= 4 is 34.3 Å². The van der Waals surface area contributed by atoms with Crippen molar-refractivity contribution in [3.8, 4) is 0 Å². The molecule has 2 heterocycles. The first-order valence-electron chi connectivity index (χ1n) is 10.8. The molecule has 1 aromatic carbocycles. The number of rotatable bonds is 4. The molecule has 0 spiro atoms. The number of anilines is 2. The molecule has 5 rings (SSSR count). The summed E-state index contributed by atoms with van der Waals surface area (Å²) in [7, 11) is 0. The number of hydrogen-bond acceptors (Lipinski definition) is 7. The second kappa shape index (κ2) is 7.64. The lowest BCUT2D eigenvalue weighted by atomic mass is 9.78. The standard InChI is InChI=1S/C22H26N4O5/c1-11(2)16-12-3-4-13(16)18(22(28)29)17(12)21(27)23-14-5-6-15(20-19(14)24-31-25-20)26-7-9-30-10-8-26/h5-6,12-13,17-18H,3-4,7-10H2,1-2H3,(H,23,27)(H,28,29). The van der Waals surface area contributed by atoms with E-state index in [4.69, 9.17) is 9.37 Å². The Kier molecular flexibility index (Phi) is 4.92. The average molecular weight is 426 g/mol. The third kappa shape index (κ3) is 3.18. The number of aromatic nitrogens is 2. The van der Waals surface area contributed by atoms with Gasteiger partial charge in [0.15, 0.2) is 11.0 Å². The van der Waals surface area contributed by atoms with Crippen LogP contribution in [-0.2, 0) is 14.3 Å². The van der Waals surface area contributed by atoms with Crippen LogP contribution in [0.5, 0.6) is 0 Å². The second-order valence-corrected chi connectivity index (χ2v) is 8.82. The minimum absolute atomic E-state index is 0.0188. The van der Waals surface area contributed by atoms with Gasteiger partial charge in [-0.05, 0) is 61.0 Å². The highest BCUT2D eigenvalue weighted by Crippen LogP contribution is 2.57. The van der Waals surface area contributed by atoms with Gasteiger partial charge >= 0.3 is 5.97 Å². The number of ether oxygens (including phenoxy) is 1. The van der Waals surface area contributed by atoms with Crippen molar-refractivity contribution in [3.05, 3.63) is 23.3 Å². The number of carboxylic acid groups (broad SMARTS) is 1. The summed E-state index contributed by atoms with van der Waals surface area (Å²) >= 11 is 0. The Hall–Kier alpha value is -2.94. The van der Waals surface area contributed by atoms with Crippen LogP contribution in [0.25, 0.3) is 11.0 Å². The van der Waals surface area contributed by atoms with Crippen molar-refractivity contribution in [3.63, 3.8) is 0 Å². The molecule has 2 aromatic rings. The van der Waals surface area contributed by atoms with Gasteiger partial charge in [0.1, 0.15) is 0 Å². The molecule has 31 heavy (non-hydrogen) atoms. The van der Waals surface area contributed by atoms with Crippen molar-refractivity contribution in [1.82, 2.24) is 10.3 Å². The summed E-state index contributed by atoms with van der Waals surface area (Å²) in [5.41, 5.74) is 4.70. The molecule has 4 unspecified atom stereocenters. The lowest BCUT2D eigenvalue weighted by molar-refractivity contribution is -0.148. The lowest BCUT2D eigenvalue weighted by Crippen LogP contribution is -2.38. The molecule has 164 valence electrons. The van der Waals surface area contributed by atoms with Crippen LogP contribution < -0.4 is 10.2 Å². The van der Waals surface area contributed by atoms with Gasteiger partial charge in [0.25, 0.3) is 0 Å². The monoisotopic (exact) mass is 426 g/mol. The van der Waals surface area contributed by atoms with Gasteiger partial charge in [-0.1, -0.05) is 11.1 Å². The van der Waals surface area contributed by atoms with Crippen molar-refractivity contribution < 1.29 is 24.1 Å². The van der Waals surface area contributed by atoms with E-state index in [2.05, 4.69) is 20.5 Å². The molecular formula is C22H26N4O5. The topological polar surface area (TPSA) is 118 Å². The summed E-state index contributed by atoms with van der Waals surface area (Å²) in [6.07, 6.45) is 1.68. The molecule has 2 aliphatic carbocycles. The number of nitrogens with one attached hydrogen (secondary N) is 1. The molecule has 2 saturated carbocycles. The maximum absolute atomic E-state index is 13.3. The van der Waals surface area contributed by atoms with E-state index in [0.29, 0.717) is 29.9 Å². The molecule has 0 radical (unpaired) electrons. The number of nitrogens with zero attached hydrogens (tertiary/aromatic N) is 3. The van der Waals surface area contributed by atoms with E-state index in [-0.39, 0.29) is 17.7 Å². The third-order valence-electron chi connectivity index (χ3n) is 7.01. The van der Waals surface area contributed by atoms with Crippen molar-refractivity contribution in [2.24, 2.45) is 23.7 Å². The minimum Gasteiger partial charge on any atom is -0.481 e. The van der Waals surface area contributed by atoms with Crippen molar-refractivity contribution in [2.45, 2.75) is 26.7 Å². The van der Waals surface area contributed by atoms with Gasteiger partial charge in [-0.25, -0.2) is 4.63 Å². The highest BCUT2D eigenvalue weighted by atomic mass is 16.6. The van der Waals surface area contributed by atoms with Crippen LogP contribution in [0, 0.1) is 23.7 Å². The summed E-state index contributed by atoms with van der Waals surface area (Å²) in [4.78, 5) is 27.6. The van der Waals surface area contributed by atoms with Gasteiger partial charge in [-0.2, -0.15) is 0 Å². The molecule has 1 aliphatic heterocycles. The number of amides is 1. The fourth-order valence-electron chi connectivity index (χ4n) is 5.83. The number of benzene rings is 1. The van der Waals surface area contributed by atoms with Crippen LogP contribution in [-0.4, -0.2) is 53.6 Å². The zero-order valence-electron chi connectivity index (χ0n) is 17.6. The SMILES string of the molecule is CC(C)=C1C2CCC1C(C(=O)Nc1ccc(N3CCOCC3)c3nonc13)C2C(=O)O. The summed E-state index contributed by atoms with van der Waals surface area (Å²) in [6, 6.07) is 3.69. The molecule has 3 fully saturated rings. The van der Waals surface area contributed by atoms with Gasteiger partial charge in [-0.15, -0.1) is 0 Å². The van der Waals surface area contributed by atoms with Crippen LogP contribution >= 0.6 is 0 Å². The lowest BCUT2D eigenvalue weighted by Gasteiger charge is -2.29. The second-order valence-electron chi connectivity index (χ2n) is 8.82. The molecule has 3 aliphatic rings. The maximum atomic E-state index is 13.3. The summed E-state index contributed by atoms with van der Waals surface area (Å²) in [5, 5.41) is 20.9. The number of carbonyl (C=O) groups excluding carboxylic acids is 1. The Bertz CT molecular complexity index is 1070. The molecule has 9 nitrogen and oxygen atoms in total. The summed E-state index contributed by atoms with van der Waals surface area (Å²) in [5.74, 6) is -2.53. The summed E-state index contributed by atoms with van der Waals surface area (Å²) in [6.45, 7) is 6.77. The highest BCUT2D eigenvalue weighted by Gasteiger charge is 2.57. The van der Waals surface area contributed by atoms with E-state index in [0.717, 1.165) is 42.8 Å². The predicted molar refractivity (Wildman–Crippen MR) is 113 cm³/mol. The number of allylic oxidation sites excluding steroid dienone is 2. The van der Waals surface area contributed by atoms with Crippen LogP contribution in [0.3, 0.4) is 0 Å². The Balaban J connectivity index is 1.45. The highest BCUT2D eigenvalue weighted by molar-refractivity contribution is 6.04. The fraction of sp³-hybridized carbons (Fsp3) is 0.545. The first kappa shape index (κ1) is 20.0. The van der Waals surface area contributed by atoms with Gasteiger partial charge in [-0.3, -0.25) is 9.59 Å². The molecule has 1 saturated heterocycles. The Morgan fingerprint density at radius 3 is 2.42 bits per heavy atom.